The van der Waals surface area contributed by atoms with Crippen molar-refractivity contribution in [1.82, 2.24) is 34.6 Å². The third-order valence-electron chi connectivity index (χ3n) is 5.22. The molecule has 0 aliphatic carbocycles. The highest BCUT2D eigenvalue weighted by Crippen LogP contribution is 2.31. The van der Waals surface area contributed by atoms with Gasteiger partial charge in [0.25, 0.3) is 11.8 Å². The number of aromatic nitrogens is 6. The van der Waals surface area contributed by atoms with E-state index in [1.54, 1.807) is 17.1 Å². The summed E-state index contributed by atoms with van der Waals surface area (Å²) in [4.78, 5) is 19.8. The summed E-state index contributed by atoms with van der Waals surface area (Å²) >= 11 is 0. The van der Waals surface area contributed by atoms with Gasteiger partial charge in [0.05, 0.1) is 35.1 Å². The molecule has 0 spiro atoms. The molecule has 1 amide bonds. The van der Waals surface area contributed by atoms with E-state index < -0.39 is 0 Å². The van der Waals surface area contributed by atoms with Crippen LogP contribution in [-0.4, -0.2) is 47.1 Å². The molecule has 1 atom stereocenters. The van der Waals surface area contributed by atoms with Crippen LogP contribution in [0.3, 0.4) is 0 Å². The molecule has 29 heavy (non-hydrogen) atoms. The SMILES string of the molecule is Cn1cc(-c2nc([C@@H]3CCCCCN3C(=O)c3cnn(C(C)(C)C)c3)no2)cn1. The van der Waals surface area contributed by atoms with Gasteiger partial charge in [0, 0.05) is 26.0 Å². The van der Waals surface area contributed by atoms with Crippen LogP contribution in [0.5, 0.6) is 0 Å². The van der Waals surface area contributed by atoms with Crippen LogP contribution in [0.4, 0.5) is 0 Å². The minimum atomic E-state index is -0.211. The van der Waals surface area contributed by atoms with Crippen LogP contribution in [0.15, 0.2) is 29.3 Å². The number of aryl methyl sites for hydroxylation is 1. The Labute approximate surface area is 169 Å². The molecular weight excluding hydrogens is 370 g/mol. The normalized spacial score (nSPS) is 18.1. The van der Waals surface area contributed by atoms with Gasteiger partial charge < -0.3 is 9.42 Å². The number of rotatable bonds is 3. The lowest BCUT2D eigenvalue weighted by atomic mass is 10.1. The van der Waals surface area contributed by atoms with E-state index in [-0.39, 0.29) is 17.5 Å². The topological polar surface area (TPSA) is 94.9 Å². The molecule has 1 saturated heterocycles. The lowest BCUT2D eigenvalue weighted by Crippen LogP contribution is -2.35. The molecule has 1 fully saturated rings. The monoisotopic (exact) mass is 397 g/mol. The molecule has 1 aliphatic rings. The van der Waals surface area contributed by atoms with Crippen LogP contribution in [0, 0.1) is 0 Å². The van der Waals surface area contributed by atoms with Crippen LogP contribution in [0.25, 0.3) is 11.5 Å². The predicted molar refractivity (Wildman–Crippen MR) is 106 cm³/mol. The third kappa shape index (κ3) is 3.94. The van der Waals surface area contributed by atoms with E-state index in [1.165, 1.54) is 0 Å². The van der Waals surface area contributed by atoms with Crippen molar-refractivity contribution in [2.75, 3.05) is 6.54 Å². The number of hydrogen-bond donors (Lipinski definition) is 0. The fraction of sp³-hybridized carbons (Fsp3) is 0.550. The molecule has 0 aromatic carbocycles. The highest BCUT2D eigenvalue weighted by atomic mass is 16.5. The molecule has 154 valence electrons. The van der Waals surface area contributed by atoms with Crippen molar-refractivity contribution >= 4 is 5.91 Å². The van der Waals surface area contributed by atoms with Gasteiger partial charge in [0.1, 0.15) is 0 Å². The summed E-state index contributed by atoms with van der Waals surface area (Å²) in [6, 6.07) is -0.211. The average Bonchev–Trinajstić information content (AvgIpc) is 3.39. The van der Waals surface area contributed by atoms with Crippen molar-refractivity contribution in [2.45, 2.75) is 58.0 Å². The molecule has 0 bridgehead atoms. The zero-order valence-corrected chi connectivity index (χ0v) is 17.4. The Morgan fingerprint density at radius 3 is 2.66 bits per heavy atom. The molecule has 0 N–H and O–H groups in total. The van der Waals surface area contributed by atoms with E-state index in [0.717, 1.165) is 31.2 Å². The molecule has 3 aromatic rings. The Kier molecular flexibility index (Phi) is 4.97. The van der Waals surface area contributed by atoms with Gasteiger partial charge in [-0.25, -0.2) is 0 Å². The second-order valence-corrected chi connectivity index (χ2v) is 8.57. The lowest BCUT2D eigenvalue weighted by Gasteiger charge is -2.27. The van der Waals surface area contributed by atoms with E-state index in [2.05, 4.69) is 41.1 Å². The van der Waals surface area contributed by atoms with Gasteiger partial charge in [0.2, 0.25) is 0 Å². The molecule has 4 heterocycles. The second-order valence-electron chi connectivity index (χ2n) is 8.57. The molecule has 1 aliphatic heterocycles. The van der Waals surface area contributed by atoms with Crippen LogP contribution in [0.1, 0.15) is 68.7 Å². The molecule has 4 rings (SSSR count). The highest BCUT2D eigenvalue weighted by molar-refractivity contribution is 5.94. The number of hydrogen-bond acceptors (Lipinski definition) is 6. The van der Waals surface area contributed by atoms with E-state index in [1.807, 2.05) is 29.0 Å². The Balaban J connectivity index is 1.62. The molecule has 9 heteroatoms. The summed E-state index contributed by atoms with van der Waals surface area (Å²) in [6.07, 6.45) is 10.9. The Hall–Kier alpha value is -2.97. The van der Waals surface area contributed by atoms with Crippen LogP contribution in [0.2, 0.25) is 0 Å². The van der Waals surface area contributed by atoms with Crippen LogP contribution in [-0.2, 0) is 12.6 Å². The van der Waals surface area contributed by atoms with Crippen molar-refractivity contribution in [1.29, 1.82) is 0 Å². The molecular formula is C20H27N7O2. The molecule has 0 saturated carbocycles. The first-order chi connectivity index (χ1) is 13.8. The van der Waals surface area contributed by atoms with Crippen molar-refractivity contribution < 1.29 is 9.32 Å². The summed E-state index contributed by atoms with van der Waals surface area (Å²) in [5.74, 6) is 0.924. The maximum Gasteiger partial charge on any atom is 0.261 e. The van der Waals surface area contributed by atoms with Crippen molar-refractivity contribution in [3.05, 3.63) is 36.2 Å². The number of likely N-dealkylation sites (tertiary alicyclic amines) is 1. The summed E-state index contributed by atoms with van der Waals surface area (Å²) in [5, 5.41) is 12.7. The zero-order chi connectivity index (χ0) is 20.6. The standard InChI is InChI=1S/C20H27N7O2/c1-20(2,3)27-13-15(11-22-27)19(28)26-9-7-5-6-8-16(26)17-23-18(29-24-17)14-10-21-25(4)12-14/h10-13,16H,5-9H2,1-4H3/t16-/m0/s1. The summed E-state index contributed by atoms with van der Waals surface area (Å²) < 4.78 is 8.98. The summed E-state index contributed by atoms with van der Waals surface area (Å²) in [6.45, 7) is 6.84. The van der Waals surface area contributed by atoms with Gasteiger partial charge in [-0.2, -0.15) is 15.2 Å². The Bertz CT molecular complexity index is 995. The van der Waals surface area contributed by atoms with Crippen LogP contribution >= 0.6 is 0 Å². The summed E-state index contributed by atoms with van der Waals surface area (Å²) in [7, 11) is 1.84. The molecule has 0 radical (unpaired) electrons. The zero-order valence-electron chi connectivity index (χ0n) is 17.4. The largest absolute Gasteiger partial charge is 0.334 e. The van der Waals surface area contributed by atoms with Gasteiger partial charge >= 0.3 is 0 Å². The second kappa shape index (κ2) is 7.46. The first kappa shape index (κ1) is 19.4. The lowest BCUT2D eigenvalue weighted by molar-refractivity contribution is 0.0670. The quantitative estimate of drug-likeness (QED) is 0.674. The number of nitrogens with zero attached hydrogens (tertiary/aromatic N) is 7. The van der Waals surface area contributed by atoms with E-state index in [4.69, 9.17) is 4.52 Å². The van der Waals surface area contributed by atoms with Gasteiger partial charge in [-0.05, 0) is 33.6 Å². The van der Waals surface area contributed by atoms with Gasteiger partial charge in [0.15, 0.2) is 5.82 Å². The first-order valence-corrected chi connectivity index (χ1v) is 10.0. The molecule has 0 unspecified atom stereocenters. The van der Waals surface area contributed by atoms with Crippen molar-refractivity contribution in [3.8, 4) is 11.5 Å². The average molecular weight is 397 g/mol. The van der Waals surface area contributed by atoms with Gasteiger partial charge in [-0.15, -0.1) is 0 Å². The minimum absolute atomic E-state index is 0.0415. The number of carbonyl (C=O) groups excluding carboxylic acids is 1. The summed E-state index contributed by atoms with van der Waals surface area (Å²) in [5.41, 5.74) is 1.18. The maximum absolute atomic E-state index is 13.3. The Morgan fingerprint density at radius 2 is 1.97 bits per heavy atom. The van der Waals surface area contributed by atoms with E-state index in [9.17, 15) is 4.79 Å². The van der Waals surface area contributed by atoms with E-state index >= 15 is 0 Å². The fourth-order valence-corrected chi connectivity index (χ4v) is 3.60. The van der Waals surface area contributed by atoms with E-state index in [0.29, 0.717) is 23.8 Å². The Morgan fingerprint density at radius 1 is 1.14 bits per heavy atom. The predicted octanol–water partition coefficient (Wildman–Crippen LogP) is 3.18. The first-order valence-electron chi connectivity index (χ1n) is 10.0. The van der Waals surface area contributed by atoms with Gasteiger partial charge in [-0.1, -0.05) is 18.0 Å². The fourth-order valence-electron chi connectivity index (χ4n) is 3.60. The van der Waals surface area contributed by atoms with Crippen molar-refractivity contribution in [2.24, 2.45) is 7.05 Å². The molecule has 3 aromatic heterocycles. The third-order valence-corrected chi connectivity index (χ3v) is 5.22. The smallest absolute Gasteiger partial charge is 0.261 e. The molecule has 9 nitrogen and oxygen atoms in total. The maximum atomic E-state index is 13.3. The minimum Gasteiger partial charge on any atom is -0.334 e. The number of amides is 1. The highest BCUT2D eigenvalue weighted by Gasteiger charge is 2.32. The van der Waals surface area contributed by atoms with Crippen LogP contribution < -0.4 is 0 Å². The van der Waals surface area contributed by atoms with Crippen molar-refractivity contribution in [3.63, 3.8) is 0 Å². The van der Waals surface area contributed by atoms with Gasteiger partial charge in [-0.3, -0.25) is 14.2 Å². The number of carbonyl (C=O) groups is 1.